The summed E-state index contributed by atoms with van der Waals surface area (Å²) >= 11 is 1.34. The van der Waals surface area contributed by atoms with Gasteiger partial charge in [0.2, 0.25) is 5.91 Å². The van der Waals surface area contributed by atoms with Gasteiger partial charge in [0, 0.05) is 17.0 Å². The third kappa shape index (κ3) is 2.19. The average Bonchev–Trinajstić information content (AvgIpc) is 3.03. The molecule has 0 radical (unpaired) electrons. The number of carbonyl (C=O) groups is 3. The lowest BCUT2D eigenvalue weighted by Gasteiger charge is -2.47. The highest BCUT2D eigenvalue weighted by Crippen LogP contribution is 2.42. The molecule has 4 heterocycles. The van der Waals surface area contributed by atoms with Gasteiger partial charge in [-0.3, -0.25) is 9.69 Å². The lowest BCUT2D eigenvalue weighted by Crippen LogP contribution is -2.68. The van der Waals surface area contributed by atoms with Gasteiger partial charge >= 0.3 is 11.9 Å². The van der Waals surface area contributed by atoms with Crippen molar-refractivity contribution in [2.45, 2.75) is 18.3 Å². The monoisotopic (exact) mass is 376 g/mol. The van der Waals surface area contributed by atoms with Gasteiger partial charge in [-0.15, -0.1) is 16.9 Å². The molecule has 0 bridgehead atoms. The number of amides is 1. The van der Waals surface area contributed by atoms with E-state index in [2.05, 4.69) is 15.1 Å². The van der Waals surface area contributed by atoms with Crippen LogP contribution in [0, 0.1) is 6.92 Å². The fraction of sp³-hybridized carbons (Fsp3) is 0.286. The van der Waals surface area contributed by atoms with E-state index in [1.165, 1.54) is 16.3 Å². The zero-order chi connectivity index (χ0) is 18.7. The van der Waals surface area contributed by atoms with E-state index in [4.69, 9.17) is 10.8 Å². The number of carboxylic acids is 2. The van der Waals surface area contributed by atoms with Crippen molar-refractivity contribution in [3.05, 3.63) is 29.0 Å². The summed E-state index contributed by atoms with van der Waals surface area (Å²) in [6.45, 7) is 1.67. The van der Waals surface area contributed by atoms with E-state index in [0.29, 0.717) is 17.0 Å². The van der Waals surface area contributed by atoms with Crippen molar-refractivity contribution in [3.63, 3.8) is 0 Å². The van der Waals surface area contributed by atoms with Crippen molar-refractivity contribution in [1.82, 2.24) is 24.5 Å². The summed E-state index contributed by atoms with van der Waals surface area (Å²) in [4.78, 5) is 44.2. The minimum atomic E-state index is -1.33. The molecule has 1 amide bonds. The second kappa shape index (κ2) is 5.51. The molecule has 26 heavy (non-hydrogen) atoms. The number of thioether (sulfide) groups is 1. The van der Waals surface area contributed by atoms with Gasteiger partial charge in [0.15, 0.2) is 0 Å². The highest BCUT2D eigenvalue weighted by Gasteiger charge is 2.52. The molecule has 0 saturated carbocycles. The van der Waals surface area contributed by atoms with Crippen LogP contribution in [0.15, 0.2) is 11.8 Å². The topological polar surface area (TPSA) is 164 Å². The predicted molar refractivity (Wildman–Crippen MR) is 88.1 cm³/mol. The summed E-state index contributed by atoms with van der Waals surface area (Å²) in [5.74, 6) is -3.22. The first-order valence-corrected chi connectivity index (χ1v) is 8.49. The number of carboxylic acid groups (broad SMARTS) is 2. The number of hydrogen-bond acceptors (Lipinski definition) is 8. The number of nitrogens with two attached hydrogens (primary N) is 1. The molecule has 134 valence electrons. The van der Waals surface area contributed by atoms with E-state index in [0.717, 1.165) is 4.90 Å². The summed E-state index contributed by atoms with van der Waals surface area (Å²) in [6.07, 6.45) is 0. The van der Waals surface area contributed by atoms with Gasteiger partial charge in [0.1, 0.15) is 17.1 Å². The Kier molecular flexibility index (Phi) is 3.49. The number of rotatable bonds is 3. The Morgan fingerprint density at radius 1 is 1.31 bits per heavy atom. The van der Waals surface area contributed by atoms with Crippen molar-refractivity contribution in [3.8, 4) is 0 Å². The van der Waals surface area contributed by atoms with Crippen molar-refractivity contribution in [2.24, 2.45) is 5.73 Å². The van der Waals surface area contributed by atoms with E-state index in [1.54, 1.807) is 13.0 Å². The fourth-order valence-corrected chi connectivity index (χ4v) is 4.31. The summed E-state index contributed by atoms with van der Waals surface area (Å²) < 4.78 is 1.18. The van der Waals surface area contributed by atoms with Crippen LogP contribution >= 0.6 is 11.8 Å². The second-order valence-electron chi connectivity index (χ2n) is 5.80. The number of aliphatic carboxylic acids is 1. The molecule has 4 N–H and O–H groups in total. The largest absolute Gasteiger partial charge is 0.477 e. The Balaban J connectivity index is 1.97. The highest BCUT2D eigenvalue weighted by molar-refractivity contribution is 8.00. The van der Waals surface area contributed by atoms with E-state index >= 15 is 0 Å². The summed E-state index contributed by atoms with van der Waals surface area (Å²) in [5.41, 5.74) is 6.72. The minimum Gasteiger partial charge on any atom is -0.477 e. The van der Waals surface area contributed by atoms with E-state index in [-0.39, 0.29) is 17.2 Å². The van der Waals surface area contributed by atoms with E-state index < -0.39 is 35.1 Å². The SMILES string of the molecule is Cc1cc(C2=C(C(=O)O)N3C(=O)C(N)C3SC2)n2nc(C(=O)O)nc2n1. The maximum absolute atomic E-state index is 12.1. The molecule has 2 aromatic heterocycles. The number of fused-ring (bicyclic) bond motifs is 2. The maximum atomic E-state index is 12.1. The zero-order valence-corrected chi connectivity index (χ0v) is 14.1. The molecule has 0 aromatic carbocycles. The molecule has 2 atom stereocenters. The molecular formula is C14H12N6O5S. The zero-order valence-electron chi connectivity index (χ0n) is 13.3. The van der Waals surface area contributed by atoms with Gasteiger partial charge in [-0.1, -0.05) is 0 Å². The lowest BCUT2D eigenvalue weighted by atomic mass is 10.0. The Bertz CT molecular complexity index is 1030. The van der Waals surface area contributed by atoms with Gasteiger partial charge in [0.25, 0.3) is 11.6 Å². The molecule has 4 rings (SSSR count). The number of aromatic nitrogens is 4. The average molecular weight is 376 g/mol. The summed E-state index contributed by atoms with van der Waals surface area (Å²) in [6, 6.07) is 0.844. The van der Waals surface area contributed by atoms with Crippen LogP contribution in [-0.4, -0.2) is 69.7 Å². The minimum absolute atomic E-state index is 0.0356. The Hall–Kier alpha value is -2.99. The third-order valence-electron chi connectivity index (χ3n) is 4.15. The molecule has 0 spiro atoms. The van der Waals surface area contributed by atoms with Gasteiger partial charge in [-0.05, 0) is 13.0 Å². The van der Waals surface area contributed by atoms with Crippen molar-refractivity contribution in [1.29, 1.82) is 0 Å². The molecule has 1 saturated heterocycles. The normalized spacial score (nSPS) is 22.4. The van der Waals surface area contributed by atoms with Crippen molar-refractivity contribution in [2.75, 3.05) is 5.75 Å². The molecular weight excluding hydrogens is 364 g/mol. The Morgan fingerprint density at radius 2 is 2.04 bits per heavy atom. The first-order chi connectivity index (χ1) is 12.3. The lowest BCUT2D eigenvalue weighted by molar-refractivity contribution is -0.147. The second-order valence-corrected chi connectivity index (χ2v) is 6.91. The standard InChI is InChI=1S/C14H12N6O5S/c1-4-2-6(20-14(16-4)17-9(18-20)13(24)25)5-3-26-11-7(15)10(21)19(11)8(5)12(22)23/h2,7,11H,3,15H2,1H3,(H,22,23)(H,24,25). The Morgan fingerprint density at radius 3 is 2.69 bits per heavy atom. The van der Waals surface area contributed by atoms with Crippen LogP contribution in [0.1, 0.15) is 22.0 Å². The van der Waals surface area contributed by atoms with Gasteiger partial charge in [0.05, 0.1) is 5.69 Å². The third-order valence-corrected chi connectivity index (χ3v) is 5.45. The molecule has 11 nitrogen and oxygen atoms in total. The van der Waals surface area contributed by atoms with E-state index in [1.807, 2.05) is 0 Å². The van der Waals surface area contributed by atoms with Crippen LogP contribution in [0.4, 0.5) is 0 Å². The number of aromatic carboxylic acids is 1. The van der Waals surface area contributed by atoms with Crippen molar-refractivity contribution >= 4 is 41.0 Å². The first kappa shape index (κ1) is 16.5. The van der Waals surface area contributed by atoms with Crippen LogP contribution < -0.4 is 5.73 Å². The predicted octanol–water partition coefficient (Wildman–Crippen LogP) is -0.831. The number of nitrogens with zero attached hydrogens (tertiary/aromatic N) is 5. The number of hydrogen-bond donors (Lipinski definition) is 3. The highest BCUT2D eigenvalue weighted by atomic mass is 32.2. The van der Waals surface area contributed by atoms with Crippen LogP contribution in [0.5, 0.6) is 0 Å². The van der Waals surface area contributed by atoms with Gasteiger partial charge in [-0.2, -0.15) is 9.50 Å². The molecule has 0 aliphatic carbocycles. The molecule has 2 unspecified atom stereocenters. The summed E-state index contributed by atoms with van der Waals surface area (Å²) in [5, 5.41) is 22.2. The fourth-order valence-electron chi connectivity index (χ4n) is 3.00. The summed E-state index contributed by atoms with van der Waals surface area (Å²) in [7, 11) is 0. The first-order valence-electron chi connectivity index (χ1n) is 7.44. The number of aryl methyl sites for hydroxylation is 1. The molecule has 1 fully saturated rings. The van der Waals surface area contributed by atoms with Crippen LogP contribution in [0.3, 0.4) is 0 Å². The maximum Gasteiger partial charge on any atom is 0.375 e. The smallest absolute Gasteiger partial charge is 0.375 e. The van der Waals surface area contributed by atoms with E-state index in [9.17, 15) is 19.5 Å². The molecule has 12 heteroatoms. The van der Waals surface area contributed by atoms with Crippen LogP contribution in [-0.2, 0) is 9.59 Å². The van der Waals surface area contributed by atoms with Crippen molar-refractivity contribution < 1.29 is 24.6 Å². The van der Waals surface area contributed by atoms with Crippen LogP contribution in [0.25, 0.3) is 11.4 Å². The molecule has 2 aromatic rings. The van der Waals surface area contributed by atoms with Crippen LogP contribution in [0.2, 0.25) is 0 Å². The molecule has 2 aliphatic rings. The Labute approximate surface area is 149 Å². The molecule has 2 aliphatic heterocycles. The number of β-lactam (4-membered cyclic amide) rings is 1. The van der Waals surface area contributed by atoms with Gasteiger partial charge in [-0.25, -0.2) is 14.6 Å². The quantitative estimate of drug-likeness (QED) is 0.576. The van der Waals surface area contributed by atoms with Gasteiger partial charge < -0.3 is 15.9 Å². The number of carbonyl (C=O) groups excluding carboxylic acids is 1.